The maximum Gasteiger partial charge on any atom is 0.343 e. The summed E-state index contributed by atoms with van der Waals surface area (Å²) in [6.07, 6.45) is 4.42. The fourth-order valence-electron chi connectivity index (χ4n) is 0.588. The van der Waals surface area contributed by atoms with E-state index in [0.29, 0.717) is 0 Å². The van der Waals surface area contributed by atoms with Crippen LogP contribution in [0, 0.1) is 10.8 Å². The fraction of sp³-hybridized carbons (Fsp3) is 0.286. The zero-order chi connectivity index (χ0) is 10.8. The minimum Gasteiger partial charge on any atom is -0.331 e. The molecule has 0 aliphatic carbocycles. The molecule has 0 heterocycles. The van der Waals surface area contributed by atoms with Gasteiger partial charge in [0.1, 0.15) is 12.7 Å². The van der Waals surface area contributed by atoms with E-state index >= 15 is 0 Å². The number of rotatable bonds is 5. The number of carbonyl (C=O) groups excluding carboxylic acids is 1. The zero-order valence-electron chi connectivity index (χ0n) is 7.77. The van der Waals surface area contributed by atoms with Crippen LogP contribution in [0.1, 0.15) is 6.92 Å². The van der Waals surface area contributed by atoms with Gasteiger partial charge in [0, 0.05) is 12.4 Å². The van der Waals surface area contributed by atoms with Crippen molar-refractivity contribution < 1.29 is 4.79 Å². The number of carbonyl (C=O) groups is 1. The molecule has 0 aliphatic rings. The highest BCUT2D eigenvalue weighted by molar-refractivity contribution is 5.87. The fourth-order valence-corrected chi connectivity index (χ4v) is 0.588. The summed E-state index contributed by atoms with van der Waals surface area (Å²) in [5.41, 5.74) is 0. The monoisotopic (exact) mass is 196 g/mol. The summed E-state index contributed by atoms with van der Waals surface area (Å²) in [5.74, 6) is 0. The van der Waals surface area contributed by atoms with Crippen molar-refractivity contribution in [1.82, 2.24) is 10.3 Å². The third-order valence-electron chi connectivity index (χ3n) is 1.09. The molecular formula is C7H12N6O. The van der Waals surface area contributed by atoms with Crippen LogP contribution in [0.2, 0.25) is 0 Å². The molecule has 7 nitrogen and oxygen atoms in total. The number of nitrogens with one attached hydrogen (secondary N) is 3. The van der Waals surface area contributed by atoms with Gasteiger partial charge in [-0.05, 0) is 6.92 Å². The summed E-state index contributed by atoms with van der Waals surface area (Å²) in [4.78, 5) is 14.6. The van der Waals surface area contributed by atoms with E-state index < -0.39 is 6.03 Å². The van der Waals surface area contributed by atoms with Crippen molar-refractivity contribution in [3.8, 4) is 0 Å². The van der Waals surface area contributed by atoms with Gasteiger partial charge in [-0.1, -0.05) is 0 Å². The van der Waals surface area contributed by atoms with E-state index in [1.54, 1.807) is 6.92 Å². The molecule has 0 aromatic rings. The molecule has 0 fully saturated rings. The lowest BCUT2D eigenvalue weighted by Gasteiger charge is -2.09. The number of amides is 2. The van der Waals surface area contributed by atoms with Gasteiger partial charge in [0.25, 0.3) is 0 Å². The third kappa shape index (κ3) is 4.75. The van der Waals surface area contributed by atoms with Gasteiger partial charge in [-0.25, -0.2) is 9.79 Å². The summed E-state index contributed by atoms with van der Waals surface area (Å²) in [5, 5.41) is 20.3. The number of hydrazone groups is 1. The number of hydrogen-bond donors (Lipinski definition) is 3. The average molecular weight is 196 g/mol. The first kappa shape index (κ1) is 11.9. The number of hydrogen-bond acceptors (Lipinski definition) is 4. The molecule has 2 amide bonds. The Labute approximate surface area is 81.5 Å². The highest BCUT2D eigenvalue weighted by Gasteiger charge is 2.06. The summed E-state index contributed by atoms with van der Waals surface area (Å²) in [6.45, 7) is 1.83. The Hall–Kier alpha value is -2.05. The Morgan fingerprint density at radius 3 is 2.79 bits per heavy atom. The van der Waals surface area contributed by atoms with Crippen LogP contribution >= 0.6 is 0 Å². The standard InChI is InChI=1S/C7H12N6O/c1-2-12-13(6-9)7(14)11-4-3-10-5-8/h2-3,5-6,8-9H,4H2,1H3,(H,11,14)/b8-5?,9-6?,10-3-,12-2-. The lowest BCUT2D eigenvalue weighted by atomic mass is 10.7. The van der Waals surface area contributed by atoms with Crippen molar-refractivity contribution in [2.24, 2.45) is 10.1 Å². The van der Waals surface area contributed by atoms with Crippen LogP contribution in [0.4, 0.5) is 4.79 Å². The van der Waals surface area contributed by atoms with Crippen LogP contribution in [-0.4, -0.2) is 42.7 Å². The molecule has 0 spiro atoms. The first-order chi connectivity index (χ1) is 6.76. The first-order valence-electron chi connectivity index (χ1n) is 3.83. The molecule has 0 bridgehead atoms. The van der Waals surface area contributed by atoms with E-state index in [0.717, 1.165) is 17.7 Å². The second-order valence-corrected chi connectivity index (χ2v) is 1.99. The van der Waals surface area contributed by atoms with Gasteiger partial charge < -0.3 is 5.32 Å². The molecule has 0 aliphatic heterocycles. The van der Waals surface area contributed by atoms with E-state index in [-0.39, 0.29) is 6.54 Å². The van der Waals surface area contributed by atoms with E-state index in [9.17, 15) is 4.79 Å². The van der Waals surface area contributed by atoms with Crippen molar-refractivity contribution in [3.05, 3.63) is 0 Å². The Morgan fingerprint density at radius 1 is 1.57 bits per heavy atom. The molecular weight excluding hydrogens is 184 g/mol. The van der Waals surface area contributed by atoms with Crippen molar-refractivity contribution in [3.63, 3.8) is 0 Å². The highest BCUT2D eigenvalue weighted by atomic mass is 16.2. The van der Waals surface area contributed by atoms with Crippen molar-refractivity contribution in [2.75, 3.05) is 6.54 Å². The number of nitrogens with zero attached hydrogens (tertiary/aromatic N) is 3. The van der Waals surface area contributed by atoms with Crippen LogP contribution in [-0.2, 0) is 0 Å². The smallest absolute Gasteiger partial charge is 0.331 e. The van der Waals surface area contributed by atoms with Gasteiger partial charge >= 0.3 is 6.03 Å². The minimum atomic E-state index is -0.519. The molecule has 14 heavy (non-hydrogen) atoms. The summed E-state index contributed by atoms with van der Waals surface area (Å²) in [6, 6.07) is -0.519. The van der Waals surface area contributed by atoms with Gasteiger partial charge in [-0.15, -0.1) is 0 Å². The van der Waals surface area contributed by atoms with Crippen molar-refractivity contribution in [1.29, 1.82) is 10.8 Å². The van der Waals surface area contributed by atoms with E-state index in [2.05, 4.69) is 15.4 Å². The molecule has 0 unspecified atom stereocenters. The molecule has 0 aromatic heterocycles. The predicted molar refractivity (Wildman–Crippen MR) is 55.5 cm³/mol. The van der Waals surface area contributed by atoms with Gasteiger partial charge in [0.15, 0.2) is 0 Å². The van der Waals surface area contributed by atoms with Gasteiger partial charge in [0.2, 0.25) is 0 Å². The lowest BCUT2D eigenvalue weighted by molar-refractivity contribution is 0.224. The molecule has 0 radical (unpaired) electrons. The number of aliphatic imine (C=N–C) groups is 1. The van der Waals surface area contributed by atoms with Crippen LogP contribution < -0.4 is 5.32 Å². The summed E-state index contributed by atoms with van der Waals surface area (Å²) >= 11 is 0. The zero-order valence-corrected chi connectivity index (χ0v) is 7.77. The molecule has 0 atom stereocenters. The predicted octanol–water partition coefficient (Wildman–Crippen LogP) is 0.289. The van der Waals surface area contributed by atoms with Crippen molar-refractivity contribution >= 4 is 31.1 Å². The maximum absolute atomic E-state index is 11.2. The molecule has 3 N–H and O–H groups in total. The second-order valence-electron chi connectivity index (χ2n) is 1.99. The van der Waals surface area contributed by atoms with Gasteiger partial charge in [-0.3, -0.25) is 10.8 Å². The van der Waals surface area contributed by atoms with Crippen LogP contribution in [0.5, 0.6) is 0 Å². The van der Waals surface area contributed by atoms with Crippen LogP contribution in [0.25, 0.3) is 0 Å². The Bertz CT molecular complexity index is 259. The quantitative estimate of drug-likeness (QED) is 0.328. The largest absolute Gasteiger partial charge is 0.343 e. The highest BCUT2D eigenvalue weighted by Crippen LogP contribution is 1.84. The second kappa shape index (κ2) is 7.59. The first-order valence-corrected chi connectivity index (χ1v) is 3.83. The van der Waals surface area contributed by atoms with Gasteiger partial charge in [-0.2, -0.15) is 10.1 Å². The summed E-state index contributed by atoms with van der Waals surface area (Å²) in [7, 11) is 0. The van der Waals surface area contributed by atoms with Crippen LogP contribution in [0.15, 0.2) is 10.1 Å². The SMILES string of the molecule is C/C=N\N(C=N)C(=O)NC/C=N\C=N. The van der Waals surface area contributed by atoms with Gasteiger partial charge in [0.05, 0.1) is 6.54 Å². The van der Waals surface area contributed by atoms with E-state index in [1.807, 2.05) is 0 Å². The Morgan fingerprint density at radius 2 is 2.29 bits per heavy atom. The summed E-state index contributed by atoms with van der Waals surface area (Å²) < 4.78 is 0. The normalized spacial score (nSPS) is 10.4. The number of urea groups is 1. The Balaban J connectivity index is 3.98. The third-order valence-corrected chi connectivity index (χ3v) is 1.09. The average Bonchev–Trinajstić information content (AvgIpc) is 2.20. The molecule has 76 valence electrons. The van der Waals surface area contributed by atoms with Crippen molar-refractivity contribution in [2.45, 2.75) is 6.92 Å². The molecule has 0 aromatic carbocycles. The van der Waals surface area contributed by atoms with E-state index in [4.69, 9.17) is 10.8 Å². The van der Waals surface area contributed by atoms with Crippen LogP contribution in [0.3, 0.4) is 0 Å². The molecule has 0 saturated carbocycles. The molecule has 7 heteroatoms. The Kier molecular flexibility index (Phi) is 6.48. The molecule has 0 saturated heterocycles. The van der Waals surface area contributed by atoms with E-state index in [1.165, 1.54) is 12.4 Å². The topological polar surface area (TPSA) is 105 Å². The minimum absolute atomic E-state index is 0.192. The maximum atomic E-state index is 11.2. The molecule has 0 rings (SSSR count). The lowest BCUT2D eigenvalue weighted by Crippen LogP contribution is -2.36.